The van der Waals surface area contributed by atoms with E-state index < -0.39 is 29.8 Å². The van der Waals surface area contributed by atoms with Crippen molar-refractivity contribution < 1.29 is 37.4 Å². The third-order valence-electron chi connectivity index (χ3n) is 5.28. The molecule has 178 valence electrons. The van der Waals surface area contributed by atoms with E-state index in [1.54, 1.807) is 6.07 Å². The summed E-state index contributed by atoms with van der Waals surface area (Å²) in [5.41, 5.74) is 0.426. The smallest absolute Gasteiger partial charge is 0.481 e. The van der Waals surface area contributed by atoms with E-state index in [0.717, 1.165) is 17.0 Å². The highest BCUT2D eigenvalue weighted by Gasteiger charge is 2.31. The van der Waals surface area contributed by atoms with Gasteiger partial charge >= 0.3 is 12.3 Å². The van der Waals surface area contributed by atoms with Crippen molar-refractivity contribution >= 4 is 34.0 Å². The van der Waals surface area contributed by atoms with Crippen molar-refractivity contribution in [2.24, 2.45) is 5.92 Å². The number of piperidine rings is 1. The van der Waals surface area contributed by atoms with Gasteiger partial charge in [-0.2, -0.15) is 0 Å². The number of thiophene rings is 1. The summed E-state index contributed by atoms with van der Waals surface area (Å²) < 4.78 is 40.9. The highest BCUT2D eigenvalue weighted by Crippen LogP contribution is 2.31. The Balaban J connectivity index is 1.68. The Morgan fingerprint density at radius 2 is 1.82 bits per heavy atom. The van der Waals surface area contributed by atoms with Gasteiger partial charge in [-0.3, -0.25) is 19.3 Å². The minimum atomic E-state index is -4.82. The van der Waals surface area contributed by atoms with E-state index in [0.29, 0.717) is 37.4 Å². The number of amides is 1. The van der Waals surface area contributed by atoms with Crippen LogP contribution >= 0.6 is 11.3 Å². The van der Waals surface area contributed by atoms with Crippen molar-refractivity contribution in [1.82, 2.24) is 4.90 Å². The van der Waals surface area contributed by atoms with Gasteiger partial charge in [0.1, 0.15) is 10.8 Å². The van der Waals surface area contributed by atoms with Gasteiger partial charge in [-0.05, 0) is 62.7 Å². The molecule has 1 aliphatic rings. The number of aryl methyl sites for hydroxylation is 1. The zero-order valence-electron chi connectivity index (χ0n) is 17.8. The molecule has 11 heteroatoms. The second-order valence-corrected chi connectivity index (χ2v) is 8.78. The van der Waals surface area contributed by atoms with Crippen LogP contribution in [-0.4, -0.2) is 53.7 Å². The van der Waals surface area contributed by atoms with E-state index in [4.69, 9.17) is 5.11 Å². The minimum Gasteiger partial charge on any atom is -0.481 e. The number of rotatable bonds is 8. The number of hydrogen-bond donors (Lipinski definition) is 2. The molecule has 0 saturated carbocycles. The molecule has 2 heterocycles. The lowest BCUT2D eigenvalue weighted by molar-refractivity contribution is -0.274. The Kier molecular flexibility index (Phi) is 7.75. The van der Waals surface area contributed by atoms with Gasteiger partial charge in [0.25, 0.3) is 0 Å². The SMILES string of the molecule is CCc1cc(C(=O)c2ccc(OC(F)(F)F)cc2)c(NC(=O)CN2CCC(C(=O)O)CC2)s1. The standard InChI is InChI=1S/C22H23F3N2O5S/c1-2-16-11-17(19(29)13-3-5-15(6-4-13)32-22(23,24)25)20(33-16)26-18(28)12-27-9-7-14(8-10-27)21(30)31/h3-6,11,14H,2,7-10,12H2,1H3,(H,26,28)(H,30,31). The topological polar surface area (TPSA) is 95.9 Å². The molecule has 1 aliphatic heterocycles. The molecule has 33 heavy (non-hydrogen) atoms. The van der Waals surface area contributed by atoms with Crippen LogP contribution in [0.4, 0.5) is 18.2 Å². The maximum atomic E-state index is 13.0. The summed E-state index contributed by atoms with van der Waals surface area (Å²) >= 11 is 1.27. The number of halogens is 3. The highest BCUT2D eigenvalue weighted by atomic mass is 32.1. The van der Waals surface area contributed by atoms with E-state index in [1.165, 1.54) is 23.5 Å². The van der Waals surface area contributed by atoms with Crippen LogP contribution in [0.1, 0.15) is 40.6 Å². The second kappa shape index (κ2) is 10.3. The summed E-state index contributed by atoms with van der Waals surface area (Å²) in [6.45, 7) is 2.96. The number of aliphatic carboxylic acids is 1. The Morgan fingerprint density at radius 3 is 2.36 bits per heavy atom. The van der Waals surface area contributed by atoms with Crippen LogP contribution in [-0.2, 0) is 16.0 Å². The summed E-state index contributed by atoms with van der Waals surface area (Å²) in [7, 11) is 0. The Bertz CT molecular complexity index is 1010. The van der Waals surface area contributed by atoms with Crippen LogP contribution in [0, 0.1) is 5.92 Å². The van der Waals surface area contributed by atoms with Crippen molar-refractivity contribution in [3.8, 4) is 5.75 Å². The number of carboxylic acid groups (broad SMARTS) is 1. The van der Waals surface area contributed by atoms with Gasteiger partial charge < -0.3 is 15.2 Å². The first-order chi connectivity index (χ1) is 15.6. The largest absolute Gasteiger partial charge is 0.573 e. The summed E-state index contributed by atoms with van der Waals surface area (Å²) in [6, 6.07) is 6.27. The minimum absolute atomic E-state index is 0.0722. The van der Waals surface area contributed by atoms with Gasteiger partial charge in [0.15, 0.2) is 5.78 Å². The normalized spacial score (nSPS) is 15.3. The number of benzene rings is 1. The van der Waals surface area contributed by atoms with Gasteiger partial charge in [0.05, 0.1) is 18.0 Å². The number of alkyl halides is 3. The average molecular weight is 484 g/mol. The maximum Gasteiger partial charge on any atom is 0.573 e. The molecule has 1 aromatic heterocycles. The van der Waals surface area contributed by atoms with Crippen LogP contribution in [0.3, 0.4) is 0 Å². The molecule has 0 unspecified atom stereocenters. The molecule has 2 aromatic rings. The summed E-state index contributed by atoms with van der Waals surface area (Å²) in [5, 5.41) is 12.2. The molecule has 1 aromatic carbocycles. The van der Waals surface area contributed by atoms with Crippen LogP contribution in [0.2, 0.25) is 0 Å². The zero-order chi connectivity index (χ0) is 24.2. The Hall–Kier alpha value is -2.92. The third-order valence-corrected chi connectivity index (χ3v) is 6.48. The van der Waals surface area contributed by atoms with E-state index in [9.17, 15) is 27.6 Å². The lowest BCUT2D eigenvalue weighted by Gasteiger charge is -2.29. The monoisotopic (exact) mass is 484 g/mol. The first kappa shape index (κ1) is 24.7. The number of anilines is 1. The van der Waals surface area contributed by atoms with Crippen molar-refractivity contribution in [2.75, 3.05) is 25.0 Å². The molecular formula is C22H23F3N2O5S. The molecule has 7 nitrogen and oxygen atoms in total. The quantitative estimate of drug-likeness (QED) is 0.546. The van der Waals surface area contributed by atoms with Gasteiger partial charge in [0, 0.05) is 10.4 Å². The molecule has 3 rings (SSSR count). The number of carbonyl (C=O) groups is 3. The van der Waals surface area contributed by atoms with Gasteiger partial charge in [-0.15, -0.1) is 24.5 Å². The molecule has 0 aliphatic carbocycles. The predicted octanol–water partition coefficient (Wildman–Crippen LogP) is 4.18. The fourth-order valence-electron chi connectivity index (χ4n) is 3.55. The molecule has 0 radical (unpaired) electrons. The lowest BCUT2D eigenvalue weighted by atomic mass is 9.97. The van der Waals surface area contributed by atoms with Crippen molar-refractivity contribution in [2.45, 2.75) is 32.5 Å². The molecule has 0 spiro atoms. The van der Waals surface area contributed by atoms with Crippen LogP contribution in [0.5, 0.6) is 5.75 Å². The molecule has 0 bridgehead atoms. The van der Waals surface area contributed by atoms with E-state index in [1.807, 2.05) is 11.8 Å². The summed E-state index contributed by atoms with van der Waals surface area (Å²) in [4.78, 5) is 39.4. The number of carbonyl (C=O) groups excluding carboxylic acids is 2. The predicted molar refractivity (Wildman–Crippen MR) is 116 cm³/mol. The summed E-state index contributed by atoms with van der Waals surface area (Å²) in [6.07, 6.45) is -3.24. The molecule has 2 N–H and O–H groups in total. The number of ether oxygens (including phenoxy) is 1. The van der Waals surface area contributed by atoms with Crippen molar-refractivity contribution in [3.05, 3.63) is 46.3 Å². The molecule has 1 saturated heterocycles. The number of nitrogens with one attached hydrogen (secondary N) is 1. The Morgan fingerprint density at radius 1 is 1.18 bits per heavy atom. The van der Waals surface area contributed by atoms with E-state index in [-0.39, 0.29) is 23.6 Å². The van der Waals surface area contributed by atoms with Crippen molar-refractivity contribution in [1.29, 1.82) is 0 Å². The Labute approximate surface area is 192 Å². The first-order valence-electron chi connectivity index (χ1n) is 10.3. The average Bonchev–Trinajstić information content (AvgIpc) is 3.15. The third kappa shape index (κ3) is 6.78. The molecule has 0 atom stereocenters. The van der Waals surface area contributed by atoms with Crippen LogP contribution in [0.15, 0.2) is 30.3 Å². The molecular weight excluding hydrogens is 461 g/mol. The number of likely N-dealkylation sites (tertiary alicyclic amines) is 1. The fourth-order valence-corrected chi connectivity index (χ4v) is 4.56. The first-order valence-corrected chi connectivity index (χ1v) is 11.2. The number of ketones is 1. The molecule has 1 amide bonds. The fraction of sp³-hybridized carbons (Fsp3) is 0.409. The second-order valence-electron chi connectivity index (χ2n) is 7.65. The van der Waals surface area contributed by atoms with E-state index >= 15 is 0 Å². The zero-order valence-corrected chi connectivity index (χ0v) is 18.6. The molecule has 1 fully saturated rings. The number of hydrogen-bond acceptors (Lipinski definition) is 6. The summed E-state index contributed by atoms with van der Waals surface area (Å²) in [5.74, 6) is -2.41. The number of nitrogens with zero attached hydrogens (tertiary/aromatic N) is 1. The van der Waals surface area contributed by atoms with E-state index in [2.05, 4.69) is 10.1 Å². The van der Waals surface area contributed by atoms with Crippen molar-refractivity contribution in [3.63, 3.8) is 0 Å². The maximum absolute atomic E-state index is 13.0. The van der Waals surface area contributed by atoms with Gasteiger partial charge in [-0.1, -0.05) is 6.92 Å². The van der Waals surface area contributed by atoms with Gasteiger partial charge in [-0.25, -0.2) is 0 Å². The van der Waals surface area contributed by atoms with Gasteiger partial charge in [0.2, 0.25) is 5.91 Å². The lowest BCUT2D eigenvalue weighted by Crippen LogP contribution is -2.40. The van der Waals surface area contributed by atoms with Crippen LogP contribution in [0.25, 0.3) is 0 Å². The van der Waals surface area contributed by atoms with Crippen LogP contribution < -0.4 is 10.1 Å². The highest BCUT2D eigenvalue weighted by molar-refractivity contribution is 7.16. The number of carboxylic acids is 1.